The third kappa shape index (κ3) is 10.9. The van der Waals surface area contributed by atoms with Crippen LogP contribution >= 0.6 is 0 Å². The van der Waals surface area contributed by atoms with Crippen LogP contribution in [0, 0.1) is 7.11 Å². The molecule has 1 radical (unpaired) electrons. The van der Waals surface area contributed by atoms with Crippen LogP contribution in [0.25, 0.3) is 0 Å². The van der Waals surface area contributed by atoms with Gasteiger partial charge < -0.3 is 4.74 Å². The Labute approximate surface area is 66.3 Å². The first-order valence-electron chi connectivity index (χ1n) is 1.37. The molecular weight excluding hydrogens is 179 g/mol. The van der Waals surface area contributed by atoms with E-state index < -0.39 is 6.11 Å². The molecule has 0 heterocycles. The van der Waals surface area contributed by atoms with Gasteiger partial charge in [-0.05, 0) is 0 Å². The number of hydrogen-bond donors (Lipinski definition) is 0. The number of hydrogen-bond acceptors (Lipinski definition) is 1. The molecule has 0 aromatic rings. The van der Waals surface area contributed by atoms with Gasteiger partial charge in [-0.1, -0.05) is 0 Å². The van der Waals surface area contributed by atoms with Crippen molar-refractivity contribution in [3.8, 4) is 0 Å². The van der Waals surface area contributed by atoms with Crippen LogP contribution < -0.4 is 0 Å². The maximum Gasteiger partial charge on any atom is 0.324 e. The predicted octanol–water partition coefficient (Wildman–Crippen LogP) is 1.40. The Kier molecular flexibility index (Phi) is 5.98. The zero-order valence-electron chi connectivity index (χ0n) is 3.95. The van der Waals surface area contributed by atoms with E-state index in [4.69, 9.17) is 0 Å². The summed E-state index contributed by atoms with van der Waals surface area (Å²) in [4.78, 5) is 0. The van der Waals surface area contributed by atoms with Crippen LogP contribution in [0.3, 0.4) is 0 Å². The van der Waals surface area contributed by atoms with E-state index in [-0.39, 0.29) is 32.7 Å². The summed E-state index contributed by atoms with van der Waals surface area (Å²) in [6.45, 7) is 0.625. The van der Waals surface area contributed by atoms with E-state index in [1.807, 2.05) is 0 Å². The second-order valence-corrected chi connectivity index (χ2v) is 0.952. The number of rotatable bonds is 1. The molecule has 0 aliphatic heterocycles. The Bertz CT molecular complexity index is 42.7. The van der Waals surface area contributed by atoms with Crippen molar-refractivity contribution in [2.45, 2.75) is 13.0 Å². The normalized spacial score (nSPS) is 10.3. The van der Waals surface area contributed by atoms with E-state index in [9.17, 15) is 8.78 Å². The van der Waals surface area contributed by atoms with Gasteiger partial charge in [0, 0.05) is 39.6 Å². The van der Waals surface area contributed by atoms with Crippen molar-refractivity contribution >= 4 is 0 Å². The van der Waals surface area contributed by atoms with Crippen LogP contribution in [-0.2, 0) is 37.4 Å². The molecule has 0 N–H and O–H groups in total. The Balaban J connectivity index is 0. The van der Waals surface area contributed by atoms with Crippen LogP contribution in [-0.4, -0.2) is 6.11 Å². The fourth-order valence-corrected chi connectivity index (χ4v) is 0. The molecule has 0 aliphatic carbocycles. The van der Waals surface area contributed by atoms with Crippen LogP contribution in [0.2, 0.25) is 0 Å². The van der Waals surface area contributed by atoms with E-state index in [1.165, 1.54) is 0 Å². The zero-order valence-corrected chi connectivity index (χ0v) is 6.79. The molecule has 1 nitrogen and oxygen atoms in total. The number of halogens is 2. The van der Waals surface area contributed by atoms with Crippen LogP contribution in [0.15, 0.2) is 0 Å². The molecule has 41 valence electrons. The second kappa shape index (κ2) is 3.87. The molecule has 0 atom stereocenters. The molecule has 0 aromatic heterocycles. The predicted molar refractivity (Wildman–Crippen MR) is 17.1 cm³/mol. The van der Waals surface area contributed by atoms with Crippen molar-refractivity contribution in [1.29, 1.82) is 0 Å². The van der Waals surface area contributed by atoms with E-state index >= 15 is 0 Å². The molecule has 0 unspecified atom stereocenters. The smallest absolute Gasteiger partial charge is 0.324 e. The Morgan fingerprint density at radius 2 is 1.71 bits per heavy atom. The molecule has 0 aliphatic rings. The fraction of sp³-hybridized carbons (Fsp3) is 0.667. The summed E-state index contributed by atoms with van der Waals surface area (Å²) in [5.41, 5.74) is 0. The topological polar surface area (TPSA) is 9.23 Å². The monoisotopic (exact) mass is 184 g/mol. The molecule has 0 bridgehead atoms. The van der Waals surface area contributed by atoms with Crippen molar-refractivity contribution in [3.63, 3.8) is 0 Å². The van der Waals surface area contributed by atoms with Gasteiger partial charge in [-0.2, -0.15) is 8.78 Å². The Morgan fingerprint density at radius 1 is 1.57 bits per heavy atom. The molecule has 0 amide bonds. The van der Waals surface area contributed by atoms with Crippen LogP contribution in [0.4, 0.5) is 8.78 Å². The van der Waals surface area contributed by atoms with Crippen molar-refractivity contribution in [1.82, 2.24) is 0 Å². The third-order valence-electron chi connectivity index (χ3n) is 0.253. The molecular formula is C3H5F2OY-. The van der Waals surface area contributed by atoms with Crippen LogP contribution in [0.5, 0.6) is 0 Å². The average Bonchev–Trinajstić information content (AvgIpc) is 1.35. The van der Waals surface area contributed by atoms with Gasteiger partial charge in [-0.3, -0.25) is 0 Å². The maximum absolute atomic E-state index is 11.2. The first kappa shape index (κ1) is 10.8. The van der Waals surface area contributed by atoms with Gasteiger partial charge in [-0.25, -0.2) is 7.11 Å². The molecule has 0 aromatic carbocycles. The number of ether oxygens (including phenoxy) is 1. The van der Waals surface area contributed by atoms with Gasteiger partial charge in [0.25, 0.3) is 0 Å². The van der Waals surface area contributed by atoms with E-state index in [1.54, 1.807) is 0 Å². The Hall–Kier alpha value is 0.924. The van der Waals surface area contributed by atoms with Gasteiger partial charge in [0.15, 0.2) is 0 Å². The van der Waals surface area contributed by atoms with Crippen molar-refractivity contribution < 1.29 is 46.2 Å². The minimum atomic E-state index is -3.07. The molecule has 0 spiro atoms. The molecule has 0 fully saturated rings. The van der Waals surface area contributed by atoms with Crippen molar-refractivity contribution in [2.75, 3.05) is 0 Å². The summed E-state index contributed by atoms with van der Waals surface area (Å²) in [6, 6.07) is 0. The van der Waals surface area contributed by atoms with Crippen molar-refractivity contribution in [3.05, 3.63) is 7.11 Å². The second-order valence-electron chi connectivity index (χ2n) is 0.952. The maximum atomic E-state index is 11.2. The first-order valence-corrected chi connectivity index (χ1v) is 1.37. The standard InChI is InChI=1S/C3H5F2O.Y/c1-3(4,5)6-2;/h2H2,1H3;/q-1;. The minimum Gasteiger partial charge on any atom is -0.501 e. The molecule has 7 heavy (non-hydrogen) atoms. The SMILES string of the molecule is [CH2-]OC(C)(F)F.[Y]. The Morgan fingerprint density at radius 3 is 1.71 bits per heavy atom. The molecule has 0 saturated carbocycles. The van der Waals surface area contributed by atoms with Gasteiger partial charge in [0.2, 0.25) is 0 Å². The van der Waals surface area contributed by atoms with Gasteiger partial charge in [0.05, 0.1) is 0 Å². The third-order valence-corrected chi connectivity index (χ3v) is 0.253. The largest absolute Gasteiger partial charge is 0.501 e. The summed E-state index contributed by atoms with van der Waals surface area (Å²) in [5.74, 6) is 0. The summed E-state index contributed by atoms with van der Waals surface area (Å²) in [5, 5.41) is 0. The first-order chi connectivity index (χ1) is 2.56. The van der Waals surface area contributed by atoms with E-state index in [0.717, 1.165) is 0 Å². The van der Waals surface area contributed by atoms with E-state index in [2.05, 4.69) is 11.8 Å². The van der Waals surface area contributed by atoms with Crippen LogP contribution in [0.1, 0.15) is 6.92 Å². The van der Waals surface area contributed by atoms with E-state index in [0.29, 0.717) is 6.92 Å². The fourth-order valence-electron chi connectivity index (χ4n) is 0. The van der Waals surface area contributed by atoms with Gasteiger partial charge >= 0.3 is 6.11 Å². The van der Waals surface area contributed by atoms with Gasteiger partial charge in [-0.15, -0.1) is 0 Å². The molecule has 0 rings (SSSR count). The summed E-state index contributed by atoms with van der Waals surface area (Å²) < 4.78 is 25.7. The minimum absolute atomic E-state index is 0. The molecule has 4 heteroatoms. The average molecular weight is 184 g/mol. The molecule has 0 saturated heterocycles. The van der Waals surface area contributed by atoms with Crippen molar-refractivity contribution in [2.24, 2.45) is 0 Å². The number of alkyl halides is 2. The summed E-state index contributed by atoms with van der Waals surface area (Å²) in [6.07, 6.45) is -3.07. The zero-order chi connectivity index (χ0) is 5.21. The summed E-state index contributed by atoms with van der Waals surface area (Å²) in [7, 11) is 2.51. The quantitative estimate of drug-likeness (QED) is 0.559. The summed E-state index contributed by atoms with van der Waals surface area (Å²) >= 11 is 0. The van der Waals surface area contributed by atoms with Gasteiger partial charge in [0.1, 0.15) is 0 Å².